The van der Waals surface area contributed by atoms with Crippen molar-refractivity contribution in [3.8, 4) is 0 Å². The van der Waals surface area contributed by atoms with Crippen molar-refractivity contribution in [3.05, 3.63) is 0 Å². The van der Waals surface area contributed by atoms with Gasteiger partial charge in [0, 0.05) is 26.2 Å². The first kappa shape index (κ1) is 51.0. The lowest BCUT2D eigenvalue weighted by Gasteiger charge is -2.36. The topological polar surface area (TPSA) is 553 Å². The van der Waals surface area contributed by atoms with E-state index in [2.05, 4.69) is 0 Å². The fraction of sp³-hybridized carbons (Fsp3) is 1.00. The zero-order valence-electron chi connectivity index (χ0n) is 23.8. The Balaban J connectivity index is 8.27. The molecule has 0 saturated carbocycles. The van der Waals surface area contributed by atoms with Crippen molar-refractivity contribution in [2.45, 2.75) is 23.5 Å². The lowest BCUT2D eigenvalue weighted by molar-refractivity contribution is 0.176. The zero-order valence-corrected chi connectivity index (χ0v) is 31.9. The predicted molar refractivity (Wildman–Crippen MR) is 159 cm³/mol. The van der Waals surface area contributed by atoms with Gasteiger partial charge in [0.2, 0.25) is 0 Å². The van der Waals surface area contributed by atoms with Crippen molar-refractivity contribution >= 4 is 101 Å². The van der Waals surface area contributed by atoms with E-state index in [-0.39, 0.29) is 0 Å². The molecule has 0 aliphatic carbocycles. The Hall–Kier alpha value is -1.02. The smallest absolute Gasteiger partial charge is 0.283 e. The fourth-order valence-corrected chi connectivity index (χ4v) is 16.4. The maximum Gasteiger partial charge on any atom is 0.298 e. The molecular formula is C9H23N3O30S10. The third kappa shape index (κ3) is 14.2. The van der Waals surface area contributed by atoms with Crippen LogP contribution in [0.2, 0.25) is 0 Å². The monoisotopic (exact) mass is 973 g/mol. The van der Waals surface area contributed by atoms with Gasteiger partial charge >= 0.3 is 0 Å². The molecule has 0 amide bonds. The van der Waals surface area contributed by atoms with Crippen LogP contribution in [0.15, 0.2) is 0 Å². The van der Waals surface area contributed by atoms with E-state index in [1.54, 1.807) is 0 Å². The summed E-state index contributed by atoms with van der Waals surface area (Å²) in [5, 5.41) is 0. The largest absolute Gasteiger partial charge is 0.298 e. The SMILES string of the molecule is O=S(=O)(O)C(N(CCN(C(S(=O)(=O)O)S(=O)(=O)O)C(S(=O)(=O)O)S(=O)(=O)O)CCN(C(S(=O)(=O)O)S(=O)(=O)O)C(S(=O)(=O)O)S(=O)(=O)O)S(=O)(=O)O. The Labute approximate surface area is 293 Å². The van der Waals surface area contributed by atoms with Crippen molar-refractivity contribution in [1.29, 1.82) is 0 Å². The van der Waals surface area contributed by atoms with Crippen molar-refractivity contribution in [2.75, 3.05) is 26.2 Å². The van der Waals surface area contributed by atoms with Crippen LogP contribution in [0, 0.1) is 0 Å². The second kappa shape index (κ2) is 15.8. The highest BCUT2D eigenvalue weighted by Crippen LogP contribution is 2.26. The maximum atomic E-state index is 12.0. The molecule has 52 heavy (non-hydrogen) atoms. The third-order valence-corrected chi connectivity index (χ3v) is 20.4. The molecule has 0 aromatic rings. The quantitative estimate of drug-likeness (QED) is 0.0478. The average Bonchev–Trinajstić information content (AvgIpc) is 2.70. The molecule has 0 atom stereocenters. The number of nitrogens with zero attached hydrogens (tertiary/aromatic N) is 3. The molecule has 0 radical (unpaired) electrons. The van der Waals surface area contributed by atoms with Crippen LogP contribution in [-0.4, -0.2) is 194 Å². The molecule has 0 saturated heterocycles. The van der Waals surface area contributed by atoms with Gasteiger partial charge in [-0.2, -0.15) is 84.2 Å². The molecule has 43 heteroatoms. The van der Waals surface area contributed by atoms with E-state index in [4.69, 9.17) is 0 Å². The second-order valence-electron chi connectivity index (χ2n) is 9.20. The summed E-state index contributed by atoms with van der Waals surface area (Å²) in [6, 6.07) is 0. The van der Waals surface area contributed by atoms with E-state index < -0.39 is 166 Å². The van der Waals surface area contributed by atoms with Crippen LogP contribution in [0.25, 0.3) is 0 Å². The highest BCUT2D eigenvalue weighted by Gasteiger charge is 2.55. The van der Waals surface area contributed by atoms with Crippen molar-refractivity contribution in [3.63, 3.8) is 0 Å². The molecule has 0 aromatic carbocycles. The second-order valence-corrected chi connectivity index (χ2v) is 25.5. The summed E-state index contributed by atoms with van der Waals surface area (Å²) in [7, 11) is -67.1. The molecule has 33 nitrogen and oxygen atoms in total. The Kier molecular flexibility index (Phi) is 15.5. The molecule has 0 spiro atoms. The molecule has 0 fully saturated rings. The number of hydrogen-bond donors (Lipinski definition) is 10. The Morgan fingerprint density at radius 2 is 0.385 bits per heavy atom. The van der Waals surface area contributed by atoms with Crippen LogP contribution in [0.1, 0.15) is 0 Å². The van der Waals surface area contributed by atoms with Gasteiger partial charge < -0.3 is 0 Å². The van der Waals surface area contributed by atoms with Gasteiger partial charge in [0.05, 0.1) is 0 Å². The first-order chi connectivity index (χ1) is 22.2. The van der Waals surface area contributed by atoms with E-state index in [0.717, 1.165) is 0 Å². The van der Waals surface area contributed by atoms with Gasteiger partial charge in [-0.3, -0.25) is 50.4 Å². The minimum Gasteiger partial charge on any atom is -0.283 e. The van der Waals surface area contributed by atoms with Gasteiger partial charge in [0.1, 0.15) is 0 Å². The summed E-state index contributed by atoms with van der Waals surface area (Å²) in [5.41, 5.74) is 0. The van der Waals surface area contributed by atoms with Gasteiger partial charge in [0.15, 0.2) is 0 Å². The van der Waals surface area contributed by atoms with E-state index in [0.29, 0.717) is 0 Å². The van der Waals surface area contributed by atoms with Crippen LogP contribution in [0.3, 0.4) is 0 Å². The van der Waals surface area contributed by atoms with E-state index in [1.165, 1.54) is 0 Å². The first-order valence-electron chi connectivity index (χ1n) is 11.1. The summed E-state index contributed by atoms with van der Waals surface area (Å²) in [4.78, 5) is -3.80. The van der Waals surface area contributed by atoms with Gasteiger partial charge in [0.25, 0.3) is 125 Å². The maximum absolute atomic E-state index is 12.0. The average molecular weight is 974 g/mol. The predicted octanol–water partition coefficient (Wildman–Crippen LogP) is -7.81. The fourth-order valence-electron chi connectivity index (χ4n) is 3.94. The van der Waals surface area contributed by atoms with Crippen LogP contribution < -0.4 is 0 Å². The molecule has 314 valence electrons. The Morgan fingerprint density at radius 1 is 0.250 bits per heavy atom. The molecule has 0 aliphatic rings. The summed E-state index contributed by atoms with van der Waals surface area (Å²) >= 11 is 0. The van der Waals surface area contributed by atoms with Crippen LogP contribution in [0.4, 0.5) is 0 Å². The first-order valence-corrected chi connectivity index (χ1v) is 26.1. The molecule has 0 aromatic heterocycles. The third-order valence-electron chi connectivity index (χ3n) is 5.22. The van der Waals surface area contributed by atoms with Crippen molar-refractivity contribution in [1.82, 2.24) is 14.7 Å². The van der Waals surface area contributed by atoms with E-state index >= 15 is 0 Å². The van der Waals surface area contributed by atoms with Crippen LogP contribution in [-0.2, 0) is 101 Å². The molecule has 0 unspecified atom stereocenters. The van der Waals surface area contributed by atoms with Crippen molar-refractivity contribution < 1.29 is 130 Å². The van der Waals surface area contributed by atoms with Gasteiger partial charge in [-0.25, -0.2) is 9.80 Å². The van der Waals surface area contributed by atoms with Gasteiger partial charge in [-0.15, -0.1) is 0 Å². The summed E-state index contributed by atoms with van der Waals surface area (Å²) in [6.45, 7) is -9.77. The Bertz CT molecular complexity index is 2040. The number of hydrogen-bond acceptors (Lipinski definition) is 23. The van der Waals surface area contributed by atoms with Gasteiger partial charge in [-0.1, -0.05) is 0 Å². The Morgan fingerprint density at radius 3 is 0.500 bits per heavy atom. The van der Waals surface area contributed by atoms with E-state index in [1.807, 2.05) is 0 Å². The summed E-state index contributed by atoms with van der Waals surface area (Å²) in [6.07, 6.45) is 0. The highest BCUT2D eigenvalue weighted by atomic mass is 32.3. The summed E-state index contributed by atoms with van der Waals surface area (Å²) in [5.74, 6) is 0. The van der Waals surface area contributed by atoms with Gasteiger partial charge in [-0.05, 0) is 0 Å². The van der Waals surface area contributed by atoms with E-state index in [9.17, 15) is 130 Å². The standard InChI is InChI=1S/C9H23N3O30S10/c13-43(14,15)5(44(16,17)18)10(1-3-11(6(45(19,20)21)46(22,23)24)7(47(25,26)27)48(28,29)30)2-4-12(8(49(31,32)33)50(34,35)36)9(51(37,38)39)52(40,41)42/h5-9H,1-4H2,(H,13,14,15)(H,16,17,18)(H,19,20,21)(H,22,23,24)(H,25,26,27)(H,28,29,30)(H,31,32,33)(H,34,35,36)(H,37,38,39)(H,40,41,42). The van der Waals surface area contributed by atoms with Crippen LogP contribution in [0.5, 0.6) is 0 Å². The minimum absolute atomic E-state index is 0.920. The lowest BCUT2D eigenvalue weighted by Crippen LogP contribution is -2.61. The molecular weight excluding hydrogens is 951 g/mol. The van der Waals surface area contributed by atoms with Crippen LogP contribution >= 0.6 is 0 Å². The molecule has 0 bridgehead atoms. The zero-order chi connectivity index (χ0) is 42.4. The minimum atomic E-state index is -6.73. The molecule has 0 aliphatic heterocycles. The summed E-state index contributed by atoms with van der Waals surface area (Å²) < 4.78 is 308. The molecule has 0 heterocycles. The molecule has 0 rings (SSSR count). The number of rotatable bonds is 21. The molecule has 10 N–H and O–H groups in total. The normalized spacial score (nSPS) is 15.7. The highest BCUT2D eigenvalue weighted by molar-refractivity contribution is 8.06. The van der Waals surface area contributed by atoms with Crippen molar-refractivity contribution in [2.24, 2.45) is 0 Å². The lowest BCUT2D eigenvalue weighted by atomic mass is 10.4.